The minimum Gasteiger partial charge on any atom is -0.478 e. The minimum absolute atomic E-state index is 0.109. The van der Waals surface area contributed by atoms with Crippen molar-refractivity contribution in [1.29, 1.82) is 0 Å². The van der Waals surface area contributed by atoms with Gasteiger partial charge in [0.25, 0.3) is 0 Å². The van der Waals surface area contributed by atoms with Gasteiger partial charge in [-0.2, -0.15) is 0 Å². The maximum Gasteiger partial charge on any atom is 0.330 e. The van der Waals surface area contributed by atoms with Crippen LogP contribution in [0.15, 0.2) is 34.9 Å². The zero-order chi connectivity index (χ0) is 25.3. The highest BCUT2D eigenvalue weighted by Crippen LogP contribution is 2.69. The van der Waals surface area contributed by atoms with Gasteiger partial charge in [-0.3, -0.25) is 4.79 Å². The average Bonchev–Trinajstić information content (AvgIpc) is 3.08. The number of hydrogen-bond donors (Lipinski definition) is 1. The summed E-state index contributed by atoms with van der Waals surface area (Å²) < 4.78 is 4.96. The molecule has 6 atom stereocenters. The van der Waals surface area contributed by atoms with E-state index in [-0.39, 0.29) is 16.8 Å². The van der Waals surface area contributed by atoms with Gasteiger partial charge in [-0.05, 0) is 106 Å². The molecule has 0 radical (unpaired) electrons. The van der Waals surface area contributed by atoms with E-state index in [1.54, 1.807) is 18.1 Å². The third kappa shape index (κ3) is 4.79. The second-order valence-corrected chi connectivity index (χ2v) is 11.9. The second kappa shape index (κ2) is 10.4. The Bertz CT molecular complexity index is 880. The number of allylic oxidation sites excluding steroid dienone is 4. The number of esters is 1. The molecule has 0 saturated heterocycles. The number of ether oxygens (including phenoxy) is 1. The lowest BCUT2D eigenvalue weighted by molar-refractivity contribution is -0.141. The molecule has 1 fully saturated rings. The second-order valence-electron chi connectivity index (χ2n) is 11.9. The van der Waals surface area contributed by atoms with Crippen LogP contribution < -0.4 is 0 Å². The SMILES string of the molecule is C=C(C)[C@H]1CCC2=C(CC[C@]3(C)[C@@H]([C@H](C)CC/C=C(/C)C(=O)O)CC[C@@]23C)[C@H]1CCC(=O)OC. The predicted molar refractivity (Wildman–Crippen MR) is 137 cm³/mol. The van der Waals surface area contributed by atoms with Crippen molar-refractivity contribution in [1.82, 2.24) is 0 Å². The summed E-state index contributed by atoms with van der Waals surface area (Å²) in [5.41, 5.74) is 5.54. The van der Waals surface area contributed by atoms with Crippen molar-refractivity contribution in [2.75, 3.05) is 7.11 Å². The van der Waals surface area contributed by atoms with Gasteiger partial charge in [-0.15, -0.1) is 0 Å². The number of aliphatic carboxylic acids is 1. The van der Waals surface area contributed by atoms with Gasteiger partial charge in [0.05, 0.1) is 7.11 Å². The Morgan fingerprint density at radius 1 is 1.21 bits per heavy atom. The Morgan fingerprint density at radius 3 is 2.53 bits per heavy atom. The number of carboxylic acid groups (broad SMARTS) is 1. The third-order valence-corrected chi connectivity index (χ3v) is 10.3. The molecule has 0 bridgehead atoms. The molecule has 0 amide bonds. The van der Waals surface area contributed by atoms with Crippen LogP contribution in [0.25, 0.3) is 0 Å². The Balaban J connectivity index is 1.84. The van der Waals surface area contributed by atoms with Crippen molar-refractivity contribution in [2.24, 2.45) is 34.5 Å². The van der Waals surface area contributed by atoms with E-state index < -0.39 is 5.97 Å². The summed E-state index contributed by atoms with van der Waals surface area (Å²) in [5.74, 6) is 1.21. The van der Waals surface area contributed by atoms with Gasteiger partial charge in [-0.25, -0.2) is 4.79 Å². The monoisotopic (exact) mass is 470 g/mol. The van der Waals surface area contributed by atoms with Gasteiger partial charge in [0.1, 0.15) is 0 Å². The first-order valence-electron chi connectivity index (χ1n) is 13.3. The molecule has 3 aliphatic carbocycles. The van der Waals surface area contributed by atoms with E-state index in [2.05, 4.69) is 34.3 Å². The van der Waals surface area contributed by atoms with Crippen LogP contribution in [0.1, 0.15) is 98.8 Å². The molecule has 0 spiro atoms. The third-order valence-electron chi connectivity index (χ3n) is 10.3. The van der Waals surface area contributed by atoms with Gasteiger partial charge in [-0.1, -0.05) is 50.1 Å². The van der Waals surface area contributed by atoms with Crippen LogP contribution in [0.4, 0.5) is 0 Å². The molecule has 0 aromatic rings. The molecule has 0 aromatic heterocycles. The molecule has 0 heterocycles. The topological polar surface area (TPSA) is 63.6 Å². The molecule has 0 unspecified atom stereocenters. The summed E-state index contributed by atoms with van der Waals surface area (Å²) in [6.07, 6.45) is 12.3. The van der Waals surface area contributed by atoms with E-state index in [1.807, 2.05) is 6.08 Å². The van der Waals surface area contributed by atoms with Crippen molar-refractivity contribution in [2.45, 2.75) is 98.8 Å². The summed E-state index contributed by atoms with van der Waals surface area (Å²) in [4.78, 5) is 23.1. The molecule has 1 saturated carbocycles. The summed E-state index contributed by atoms with van der Waals surface area (Å²) in [6.45, 7) is 15.6. The van der Waals surface area contributed by atoms with Crippen LogP contribution in [0.3, 0.4) is 0 Å². The lowest BCUT2D eigenvalue weighted by Crippen LogP contribution is -2.45. The van der Waals surface area contributed by atoms with Gasteiger partial charge in [0, 0.05) is 12.0 Å². The smallest absolute Gasteiger partial charge is 0.330 e. The number of rotatable bonds is 9. The molecule has 3 aliphatic rings. The molecular weight excluding hydrogens is 424 g/mol. The number of carbonyl (C=O) groups excluding carboxylic acids is 1. The molecule has 190 valence electrons. The number of carbonyl (C=O) groups is 2. The maximum atomic E-state index is 12.0. The standard InChI is InChI=1S/C30H46O4/c1-19(2)22-11-13-26-24(23(22)12-14-27(31)34-7)15-17-29(5)25(16-18-30(26,29)6)20(3)9-8-10-21(4)28(32)33/h10,20,22-23,25H,1,8-9,11-18H2,2-7H3,(H,32,33)/b21-10-/t20-,22-,23+,25-,29-,30+/m1/s1. The van der Waals surface area contributed by atoms with Crippen LogP contribution in [0.2, 0.25) is 0 Å². The Hall–Kier alpha value is -1.84. The predicted octanol–water partition coefficient (Wildman–Crippen LogP) is 7.50. The number of methoxy groups -OCH3 is 1. The number of hydrogen-bond acceptors (Lipinski definition) is 3. The minimum atomic E-state index is -0.813. The Morgan fingerprint density at radius 2 is 1.91 bits per heavy atom. The summed E-state index contributed by atoms with van der Waals surface area (Å²) in [7, 11) is 1.48. The largest absolute Gasteiger partial charge is 0.478 e. The lowest BCUT2D eigenvalue weighted by atomic mass is 9.49. The number of carboxylic acids is 1. The summed E-state index contributed by atoms with van der Waals surface area (Å²) >= 11 is 0. The zero-order valence-corrected chi connectivity index (χ0v) is 22.3. The fraction of sp³-hybridized carbons (Fsp3) is 0.733. The van der Waals surface area contributed by atoms with Crippen molar-refractivity contribution in [3.63, 3.8) is 0 Å². The van der Waals surface area contributed by atoms with E-state index in [0.29, 0.717) is 35.7 Å². The van der Waals surface area contributed by atoms with E-state index in [9.17, 15) is 9.59 Å². The van der Waals surface area contributed by atoms with Gasteiger partial charge < -0.3 is 9.84 Å². The van der Waals surface area contributed by atoms with Crippen LogP contribution in [0.5, 0.6) is 0 Å². The van der Waals surface area contributed by atoms with Gasteiger partial charge in [0.15, 0.2) is 0 Å². The van der Waals surface area contributed by atoms with Crippen molar-refractivity contribution in [3.05, 3.63) is 34.9 Å². The van der Waals surface area contributed by atoms with Crippen molar-refractivity contribution >= 4 is 11.9 Å². The zero-order valence-electron chi connectivity index (χ0n) is 22.3. The maximum absolute atomic E-state index is 12.0. The van der Waals surface area contributed by atoms with E-state index in [1.165, 1.54) is 31.9 Å². The first-order valence-corrected chi connectivity index (χ1v) is 13.3. The normalized spacial score (nSPS) is 34.3. The molecular formula is C30H46O4. The quantitative estimate of drug-likeness (QED) is 0.215. The Kier molecular flexibility index (Phi) is 8.20. The summed E-state index contributed by atoms with van der Waals surface area (Å²) in [5, 5.41) is 9.15. The average molecular weight is 471 g/mol. The molecule has 0 aromatic carbocycles. The first-order chi connectivity index (χ1) is 16.0. The fourth-order valence-electron chi connectivity index (χ4n) is 8.01. The fourth-order valence-corrected chi connectivity index (χ4v) is 8.01. The highest BCUT2D eigenvalue weighted by Gasteiger charge is 2.59. The van der Waals surface area contributed by atoms with E-state index >= 15 is 0 Å². The van der Waals surface area contributed by atoms with Crippen LogP contribution in [0, 0.1) is 34.5 Å². The highest BCUT2D eigenvalue weighted by molar-refractivity contribution is 5.85. The number of fused-ring (bicyclic) bond motifs is 2. The van der Waals surface area contributed by atoms with Crippen molar-refractivity contribution in [3.8, 4) is 0 Å². The molecule has 3 rings (SSSR count). The highest BCUT2D eigenvalue weighted by atomic mass is 16.5. The summed E-state index contributed by atoms with van der Waals surface area (Å²) in [6, 6.07) is 0. The van der Waals surface area contributed by atoms with Crippen molar-refractivity contribution < 1.29 is 19.4 Å². The van der Waals surface area contributed by atoms with E-state index in [0.717, 1.165) is 38.5 Å². The van der Waals surface area contributed by atoms with Gasteiger partial charge >= 0.3 is 11.9 Å². The Labute approximate surface area is 206 Å². The van der Waals surface area contributed by atoms with Crippen LogP contribution in [-0.2, 0) is 14.3 Å². The molecule has 4 heteroatoms. The van der Waals surface area contributed by atoms with Crippen LogP contribution in [-0.4, -0.2) is 24.2 Å². The van der Waals surface area contributed by atoms with Gasteiger partial charge in [0.2, 0.25) is 0 Å². The molecule has 0 aliphatic heterocycles. The lowest BCUT2D eigenvalue weighted by Gasteiger charge is -2.55. The van der Waals surface area contributed by atoms with Crippen LogP contribution >= 0.6 is 0 Å². The molecule has 34 heavy (non-hydrogen) atoms. The molecule has 1 N–H and O–H groups in total. The van der Waals surface area contributed by atoms with E-state index in [4.69, 9.17) is 9.84 Å². The first kappa shape index (κ1) is 26.8. The molecule has 4 nitrogen and oxygen atoms in total.